The Hall–Kier alpha value is -1.87. The third-order valence-corrected chi connectivity index (χ3v) is 3.44. The van der Waals surface area contributed by atoms with Crippen LogP contribution in [-0.4, -0.2) is 5.91 Å². The topological polar surface area (TPSA) is 29.1 Å². The van der Waals surface area contributed by atoms with Crippen LogP contribution in [-0.2, 0) is 6.54 Å². The Morgan fingerprint density at radius 1 is 1.25 bits per heavy atom. The van der Waals surface area contributed by atoms with Crippen molar-refractivity contribution in [3.63, 3.8) is 0 Å². The van der Waals surface area contributed by atoms with Crippen LogP contribution in [0.25, 0.3) is 0 Å². The molecule has 2 rings (SSSR count). The molecule has 2 aromatic carbocycles. The number of aryl methyl sites for hydroxylation is 2. The molecule has 4 heteroatoms. The maximum Gasteiger partial charge on any atom is 0.256 e. The molecule has 0 fully saturated rings. The van der Waals surface area contributed by atoms with E-state index in [0.717, 1.165) is 16.7 Å². The molecule has 104 valence electrons. The van der Waals surface area contributed by atoms with Gasteiger partial charge in [0.25, 0.3) is 5.91 Å². The monoisotopic (exact) mass is 291 g/mol. The van der Waals surface area contributed by atoms with E-state index in [-0.39, 0.29) is 10.6 Å². The molecule has 0 saturated heterocycles. The number of benzene rings is 2. The van der Waals surface area contributed by atoms with Crippen molar-refractivity contribution in [2.45, 2.75) is 20.4 Å². The second-order valence-corrected chi connectivity index (χ2v) is 5.12. The smallest absolute Gasteiger partial charge is 0.256 e. The Morgan fingerprint density at radius 2 is 2.00 bits per heavy atom. The zero-order chi connectivity index (χ0) is 14.7. The van der Waals surface area contributed by atoms with Gasteiger partial charge in [-0.05, 0) is 37.1 Å². The highest BCUT2D eigenvalue weighted by molar-refractivity contribution is 6.33. The van der Waals surface area contributed by atoms with E-state index < -0.39 is 11.7 Å². The maximum atomic E-state index is 13.6. The molecule has 0 spiro atoms. The quantitative estimate of drug-likeness (QED) is 0.909. The van der Waals surface area contributed by atoms with E-state index in [4.69, 9.17) is 11.6 Å². The number of hydrogen-bond donors (Lipinski definition) is 1. The fourth-order valence-electron chi connectivity index (χ4n) is 2.02. The first-order chi connectivity index (χ1) is 9.49. The third-order valence-electron chi connectivity index (χ3n) is 3.13. The minimum absolute atomic E-state index is 0.112. The number of amides is 1. The van der Waals surface area contributed by atoms with Crippen LogP contribution in [0.3, 0.4) is 0 Å². The molecule has 0 bridgehead atoms. The van der Waals surface area contributed by atoms with E-state index >= 15 is 0 Å². The summed E-state index contributed by atoms with van der Waals surface area (Å²) in [6.45, 7) is 4.33. The summed E-state index contributed by atoms with van der Waals surface area (Å²) in [5.41, 5.74) is 3.13. The zero-order valence-corrected chi connectivity index (χ0v) is 12.1. The lowest BCUT2D eigenvalue weighted by Crippen LogP contribution is -2.24. The molecule has 20 heavy (non-hydrogen) atoms. The predicted octanol–water partition coefficient (Wildman–Crippen LogP) is 4.03. The molecule has 0 aromatic heterocycles. The van der Waals surface area contributed by atoms with Gasteiger partial charge in [-0.2, -0.15) is 0 Å². The van der Waals surface area contributed by atoms with Gasteiger partial charge in [0.2, 0.25) is 0 Å². The first-order valence-corrected chi connectivity index (χ1v) is 6.65. The largest absolute Gasteiger partial charge is 0.348 e. The Kier molecular flexibility index (Phi) is 4.40. The highest BCUT2D eigenvalue weighted by Gasteiger charge is 2.15. The first kappa shape index (κ1) is 14.5. The van der Waals surface area contributed by atoms with E-state index in [1.54, 1.807) is 0 Å². The van der Waals surface area contributed by atoms with Gasteiger partial charge in [0.05, 0.1) is 10.6 Å². The molecule has 1 amide bonds. The molecule has 0 aliphatic rings. The van der Waals surface area contributed by atoms with Gasteiger partial charge in [0, 0.05) is 6.54 Å². The standard InChI is InChI=1S/C16H15ClFNO/c1-10-6-7-12(11(2)8-10)9-19-16(20)15-13(17)4-3-5-14(15)18/h3-8H,9H2,1-2H3,(H,19,20). The van der Waals surface area contributed by atoms with Crippen molar-refractivity contribution in [2.24, 2.45) is 0 Å². The van der Waals surface area contributed by atoms with Gasteiger partial charge in [0.1, 0.15) is 5.82 Å². The van der Waals surface area contributed by atoms with E-state index in [0.29, 0.717) is 6.54 Å². The fraction of sp³-hybridized carbons (Fsp3) is 0.188. The highest BCUT2D eigenvalue weighted by Crippen LogP contribution is 2.19. The summed E-state index contributed by atoms with van der Waals surface area (Å²) in [4.78, 5) is 12.0. The highest BCUT2D eigenvalue weighted by atomic mass is 35.5. The SMILES string of the molecule is Cc1ccc(CNC(=O)c2c(F)cccc2Cl)c(C)c1. The number of hydrogen-bond acceptors (Lipinski definition) is 1. The Morgan fingerprint density at radius 3 is 2.65 bits per heavy atom. The molecule has 0 aliphatic carbocycles. The van der Waals surface area contributed by atoms with Gasteiger partial charge in [-0.25, -0.2) is 4.39 Å². The molecule has 0 radical (unpaired) electrons. The number of carbonyl (C=O) groups is 1. The fourth-order valence-corrected chi connectivity index (χ4v) is 2.27. The second-order valence-electron chi connectivity index (χ2n) is 4.71. The lowest BCUT2D eigenvalue weighted by Gasteiger charge is -2.10. The van der Waals surface area contributed by atoms with Crippen LogP contribution < -0.4 is 5.32 Å². The summed E-state index contributed by atoms with van der Waals surface area (Å²) in [5.74, 6) is -1.12. The van der Waals surface area contributed by atoms with Gasteiger partial charge in [-0.3, -0.25) is 4.79 Å². The van der Waals surface area contributed by atoms with Crippen molar-refractivity contribution < 1.29 is 9.18 Å². The molecular weight excluding hydrogens is 277 g/mol. The molecule has 2 nitrogen and oxygen atoms in total. The Bertz CT molecular complexity index is 635. The Balaban J connectivity index is 2.13. The summed E-state index contributed by atoms with van der Waals surface area (Å²) in [5, 5.41) is 2.81. The van der Waals surface area contributed by atoms with Crippen molar-refractivity contribution in [3.05, 3.63) is 69.5 Å². The van der Waals surface area contributed by atoms with Crippen molar-refractivity contribution in [1.82, 2.24) is 5.32 Å². The number of rotatable bonds is 3. The lowest BCUT2D eigenvalue weighted by atomic mass is 10.1. The van der Waals surface area contributed by atoms with Crippen LogP contribution >= 0.6 is 11.6 Å². The number of nitrogens with one attached hydrogen (secondary N) is 1. The van der Waals surface area contributed by atoms with E-state index in [9.17, 15) is 9.18 Å². The third kappa shape index (κ3) is 3.17. The van der Waals surface area contributed by atoms with Crippen molar-refractivity contribution in [1.29, 1.82) is 0 Å². The minimum Gasteiger partial charge on any atom is -0.348 e. The summed E-state index contributed by atoms with van der Waals surface area (Å²) < 4.78 is 13.6. The van der Waals surface area contributed by atoms with Crippen LogP contribution in [0.15, 0.2) is 36.4 Å². The maximum absolute atomic E-state index is 13.6. The van der Waals surface area contributed by atoms with Gasteiger partial charge in [-0.15, -0.1) is 0 Å². The van der Waals surface area contributed by atoms with Gasteiger partial charge < -0.3 is 5.32 Å². The summed E-state index contributed by atoms with van der Waals surface area (Å²) in [6.07, 6.45) is 0. The average Bonchev–Trinajstić information content (AvgIpc) is 2.37. The molecule has 1 N–H and O–H groups in total. The van der Waals surface area contributed by atoms with Gasteiger partial charge >= 0.3 is 0 Å². The Labute approximate surface area is 122 Å². The van der Waals surface area contributed by atoms with E-state index in [1.807, 2.05) is 32.0 Å². The van der Waals surface area contributed by atoms with Crippen LogP contribution in [0.5, 0.6) is 0 Å². The van der Waals surface area contributed by atoms with Gasteiger partial charge in [-0.1, -0.05) is 41.4 Å². The van der Waals surface area contributed by atoms with E-state index in [2.05, 4.69) is 5.32 Å². The summed E-state index contributed by atoms with van der Waals surface area (Å²) in [7, 11) is 0. The van der Waals surface area contributed by atoms with Crippen molar-refractivity contribution in [2.75, 3.05) is 0 Å². The van der Waals surface area contributed by atoms with E-state index in [1.165, 1.54) is 18.2 Å². The molecule has 0 aliphatic heterocycles. The lowest BCUT2D eigenvalue weighted by molar-refractivity contribution is 0.0947. The molecular formula is C16H15ClFNO. The molecule has 0 atom stereocenters. The zero-order valence-electron chi connectivity index (χ0n) is 11.3. The van der Waals surface area contributed by atoms with Crippen LogP contribution in [0.2, 0.25) is 5.02 Å². The van der Waals surface area contributed by atoms with Crippen LogP contribution in [0.4, 0.5) is 4.39 Å². The average molecular weight is 292 g/mol. The number of halogens is 2. The molecule has 0 heterocycles. The van der Waals surface area contributed by atoms with Crippen LogP contribution in [0.1, 0.15) is 27.0 Å². The number of carbonyl (C=O) groups excluding carboxylic acids is 1. The van der Waals surface area contributed by atoms with Crippen molar-refractivity contribution >= 4 is 17.5 Å². The second kappa shape index (κ2) is 6.06. The normalized spacial score (nSPS) is 10.4. The molecule has 0 unspecified atom stereocenters. The van der Waals surface area contributed by atoms with Gasteiger partial charge in [0.15, 0.2) is 0 Å². The first-order valence-electron chi connectivity index (χ1n) is 6.27. The van der Waals surface area contributed by atoms with Crippen LogP contribution in [0, 0.1) is 19.7 Å². The summed E-state index contributed by atoms with van der Waals surface area (Å²) >= 11 is 5.86. The summed E-state index contributed by atoms with van der Waals surface area (Å²) in [6, 6.07) is 10.2. The molecule has 2 aromatic rings. The predicted molar refractivity (Wildman–Crippen MR) is 78.5 cm³/mol. The van der Waals surface area contributed by atoms with Crippen molar-refractivity contribution in [3.8, 4) is 0 Å². The molecule has 0 saturated carbocycles. The minimum atomic E-state index is -0.615.